The van der Waals surface area contributed by atoms with Gasteiger partial charge in [0.1, 0.15) is 5.75 Å². The van der Waals surface area contributed by atoms with E-state index >= 15 is 0 Å². The van der Waals surface area contributed by atoms with Gasteiger partial charge in [0.15, 0.2) is 0 Å². The molecule has 0 heterocycles. The summed E-state index contributed by atoms with van der Waals surface area (Å²) >= 11 is 0. The minimum Gasteiger partial charge on any atom is -0.493 e. The number of hydrogen-bond donors (Lipinski definition) is 2. The van der Waals surface area contributed by atoms with Crippen LogP contribution < -0.4 is 10.5 Å². The van der Waals surface area contributed by atoms with E-state index < -0.39 is 6.10 Å². The van der Waals surface area contributed by atoms with Crippen molar-refractivity contribution < 1.29 is 9.84 Å². The van der Waals surface area contributed by atoms with Gasteiger partial charge in [-0.05, 0) is 47.8 Å². The molecule has 0 saturated heterocycles. The van der Waals surface area contributed by atoms with Crippen LogP contribution in [0.3, 0.4) is 0 Å². The van der Waals surface area contributed by atoms with Crippen LogP contribution in [0.15, 0.2) is 18.2 Å². The lowest BCUT2D eigenvalue weighted by Gasteiger charge is -2.26. The van der Waals surface area contributed by atoms with Crippen LogP contribution in [0, 0.1) is 0 Å². The highest BCUT2D eigenvalue weighted by atomic mass is 16.5. The largest absolute Gasteiger partial charge is 0.493 e. The molecule has 0 fully saturated rings. The summed E-state index contributed by atoms with van der Waals surface area (Å²) in [6.07, 6.45) is 1.95. The predicted octanol–water partition coefficient (Wildman–Crippen LogP) is 4.36. The van der Waals surface area contributed by atoms with Crippen LogP contribution in [-0.2, 0) is 5.41 Å². The molecule has 0 aliphatic rings. The van der Waals surface area contributed by atoms with Gasteiger partial charge in [-0.3, -0.25) is 0 Å². The Kier molecular flexibility index (Phi) is 7.56. The van der Waals surface area contributed by atoms with Gasteiger partial charge in [-0.1, -0.05) is 53.7 Å². The van der Waals surface area contributed by atoms with E-state index in [4.69, 9.17) is 10.5 Å². The van der Waals surface area contributed by atoms with E-state index in [1.807, 2.05) is 6.92 Å². The van der Waals surface area contributed by atoms with Crippen molar-refractivity contribution in [3.05, 3.63) is 29.3 Å². The minimum absolute atomic E-state index is 0.0934. The Balaban J connectivity index is 3.07. The number of ether oxygens (including phenoxy) is 1. The van der Waals surface area contributed by atoms with Crippen molar-refractivity contribution in [3.8, 4) is 5.75 Å². The second kappa shape index (κ2) is 8.70. The average Bonchev–Trinajstić information content (AvgIpc) is 2.50. The number of rotatable bonds is 8. The summed E-state index contributed by atoms with van der Waals surface area (Å²) in [7, 11) is 0. The molecule has 0 spiro atoms. The highest BCUT2D eigenvalue weighted by Crippen LogP contribution is 2.34. The molecular formula is C20H35NO2. The Labute approximate surface area is 142 Å². The lowest BCUT2D eigenvalue weighted by atomic mass is 9.83. The summed E-state index contributed by atoms with van der Waals surface area (Å²) in [6.45, 7) is 13.6. The second-order valence-corrected chi connectivity index (χ2v) is 7.63. The second-order valence-electron chi connectivity index (χ2n) is 7.63. The van der Waals surface area contributed by atoms with E-state index in [1.165, 1.54) is 11.1 Å². The standard InChI is InChI=1S/C20H35NO2/c1-7-11-23-19-10-9-15(20(4,5)6)13-16(19)14(3)12-18(22)17(21)8-2/h9-10,13-14,17-18,22H,7-8,11-12,21H2,1-6H3. The topological polar surface area (TPSA) is 55.5 Å². The number of aliphatic hydroxyl groups excluding tert-OH is 1. The Hall–Kier alpha value is -1.06. The molecule has 0 radical (unpaired) electrons. The molecule has 3 N–H and O–H groups in total. The molecule has 0 aromatic heterocycles. The van der Waals surface area contributed by atoms with Gasteiger partial charge in [0.2, 0.25) is 0 Å². The minimum atomic E-state index is -0.479. The average molecular weight is 322 g/mol. The van der Waals surface area contributed by atoms with Gasteiger partial charge in [-0.2, -0.15) is 0 Å². The van der Waals surface area contributed by atoms with Gasteiger partial charge in [0.25, 0.3) is 0 Å². The van der Waals surface area contributed by atoms with Crippen LogP contribution in [0.1, 0.15) is 77.8 Å². The molecule has 0 saturated carbocycles. The van der Waals surface area contributed by atoms with Crippen LogP contribution in [0.5, 0.6) is 5.75 Å². The molecule has 23 heavy (non-hydrogen) atoms. The SMILES string of the molecule is CCCOc1ccc(C(C)(C)C)cc1C(C)CC(O)C(N)CC. The van der Waals surface area contributed by atoms with Gasteiger partial charge in [0, 0.05) is 6.04 Å². The smallest absolute Gasteiger partial charge is 0.122 e. The van der Waals surface area contributed by atoms with Gasteiger partial charge < -0.3 is 15.6 Å². The molecule has 1 rings (SSSR count). The maximum absolute atomic E-state index is 10.3. The molecule has 1 aromatic rings. The van der Waals surface area contributed by atoms with Crippen molar-refractivity contribution in [1.29, 1.82) is 0 Å². The zero-order valence-corrected chi connectivity index (χ0v) is 15.7. The van der Waals surface area contributed by atoms with Gasteiger partial charge in [-0.25, -0.2) is 0 Å². The fourth-order valence-corrected chi connectivity index (χ4v) is 2.68. The molecule has 3 nitrogen and oxygen atoms in total. The Morgan fingerprint density at radius 3 is 2.39 bits per heavy atom. The monoisotopic (exact) mass is 321 g/mol. The number of aliphatic hydroxyl groups is 1. The van der Waals surface area contributed by atoms with Crippen molar-refractivity contribution in [2.24, 2.45) is 5.73 Å². The molecule has 1 aromatic carbocycles. The summed E-state index contributed by atoms with van der Waals surface area (Å²) in [6, 6.07) is 6.30. The van der Waals surface area contributed by atoms with E-state index in [0.29, 0.717) is 13.0 Å². The third kappa shape index (κ3) is 5.82. The third-order valence-corrected chi connectivity index (χ3v) is 4.43. The van der Waals surface area contributed by atoms with E-state index in [2.05, 4.69) is 52.8 Å². The van der Waals surface area contributed by atoms with Crippen molar-refractivity contribution in [2.45, 2.75) is 84.3 Å². The lowest BCUT2D eigenvalue weighted by Crippen LogP contribution is -2.34. The lowest BCUT2D eigenvalue weighted by molar-refractivity contribution is 0.126. The van der Waals surface area contributed by atoms with Crippen LogP contribution in [-0.4, -0.2) is 23.9 Å². The summed E-state index contributed by atoms with van der Waals surface area (Å²) < 4.78 is 5.93. The van der Waals surface area contributed by atoms with Crippen molar-refractivity contribution in [3.63, 3.8) is 0 Å². The zero-order valence-electron chi connectivity index (χ0n) is 15.7. The van der Waals surface area contributed by atoms with Crippen LogP contribution >= 0.6 is 0 Å². The number of nitrogens with two attached hydrogens (primary N) is 1. The maximum atomic E-state index is 10.3. The molecule has 0 aliphatic carbocycles. The first-order valence-electron chi connectivity index (χ1n) is 8.91. The van der Waals surface area contributed by atoms with Gasteiger partial charge in [0.05, 0.1) is 12.7 Å². The first-order chi connectivity index (χ1) is 10.7. The quantitative estimate of drug-likeness (QED) is 0.748. The van der Waals surface area contributed by atoms with Gasteiger partial charge >= 0.3 is 0 Å². The molecule has 0 bridgehead atoms. The maximum Gasteiger partial charge on any atom is 0.122 e. The van der Waals surface area contributed by atoms with Crippen molar-refractivity contribution >= 4 is 0 Å². The van der Waals surface area contributed by atoms with E-state index in [0.717, 1.165) is 18.6 Å². The summed E-state index contributed by atoms with van der Waals surface area (Å²) in [5, 5.41) is 10.3. The number of benzene rings is 1. The molecule has 132 valence electrons. The fourth-order valence-electron chi connectivity index (χ4n) is 2.68. The molecule has 3 unspecified atom stereocenters. The first kappa shape index (κ1) is 20.0. The highest BCUT2D eigenvalue weighted by molar-refractivity contribution is 5.41. The number of hydrogen-bond acceptors (Lipinski definition) is 3. The molecule has 3 atom stereocenters. The van der Waals surface area contributed by atoms with Crippen molar-refractivity contribution in [1.82, 2.24) is 0 Å². The van der Waals surface area contributed by atoms with Crippen LogP contribution in [0.2, 0.25) is 0 Å². The zero-order chi connectivity index (χ0) is 17.6. The molecule has 0 amide bonds. The van der Waals surface area contributed by atoms with Crippen LogP contribution in [0.25, 0.3) is 0 Å². The van der Waals surface area contributed by atoms with Gasteiger partial charge in [-0.15, -0.1) is 0 Å². The normalized spacial score (nSPS) is 16.0. The van der Waals surface area contributed by atoms with E-state index in [9.17, 15) is 5.11 Å². The summed E-state index contributed by atoms with van der Waals surface area (Å²) in [5.74, 6) is 1.14. The third-order valence-electron chi connectivity index (χ3n) is 4.43. The Morgan fingerprint density at radius 1 is 1.22 bits per heavy atom. The Bertz CT molecular complexity index is 479. The first-order valence-corrected chi connectivity index (χ1v) is 8.91. The summed E-state index contributed by atoms with van der Waals surface area (Å²) in [5.41, 5.74) is 8.54. The Morgan fingerprint density at radius 2 is 1.87 bits per heavy atom. The molecule has 3 heteroatoms. The summed E-state index contributed by atoms with van der Waals surface area (Å²) in [4.78, 5) is 0. The van der Waals surface area contributed by atoms with E-state index in [-0.39, 0.29) is 17.4 Å². The van der Waals surface area contributed by atoms with Crippen LogP contribution in [0.4, 0.5) is 0 Å². The van der Waals surface area contributed by atoms with Crippen molar-refractivity contribution in [2.75, 3.05) is 6.61 Å². The molecule has 0 aliphatic heterocycles. The fraction of sp³-hybridized carbons (Fsp3) is 0.700. The van der Waals surface area contributed by atoms with E-state index in [1.54, 1.807) is 0 Å². The highest BCUT2D eigenvalue weighted by Gasteiger charge is 2.22. The molecular weight excluding hydrogens is 286 g/mol. The predicted molar refractivity (Wildman–Crippen MR) is 98.2 cm³/mol.